The average molecular weight is 581 g/mol. The fourth-order valence-electron chi connectivity index (χ4n) is 4.67. The van der Waals surface area contributed by atoms with E-state index in [1.165, 1.54) is 23.1 Å². The molecule has 0 aliphatic heterocycles. The summed E-state index contributed by atoms with van der Waals surface area (Å²) in [5.41, 5.74) is 2.33. The van der Waals surface area contributed by atoms with E-state index in [1.807, 2.05) is 36.4 Å². The molecular weight excluding hydrogens is 544 g/mol. The highest BCUT2D eigenvalue weighted by molar-refractivity contribution is 8.00. The fraction of sp³-hybridized carbons (Fsp3) is 0.387. The largest absolute Gasteiger partial charge is 0.484 e. The Morgan fingerprint density at radius 2 is 1.80 bits per heavy atom. The third-order valence-electron chi connectivity index (χ3n) is 6.82. The van der Waals surface area contributed by atoms with Crippen molar-refractivity contribution in [3.05, 3.63) is 70.6 Å². The Kier molecular flexibility index (Phi) is 9.92. The standard InChI is InChI=1S/C31H36N2O5S2/c1-5-37-30(36)28-24-15-14-20(31(2,3)4)16-25(24)40-29(28)33-27(35)19-39-23-13-9-10-21(17-23)32-26(34)18-38-22-11-7-6-8-12-22/h6-13,17,20H,5,14-16,18-19H2,1-4H3,(H,32,34)(H,33,35). The molecule has 212 valence electrons. The van der Waals surface area contributed by atoms with E-state index >= 15 is 0 Å². The van der Waals surface area contributed by atoms with Crippen LogP contribution in [0.15, 0.2) is 59.5 Å². The van der Waals surface area contributed by atoms with E-state index in [0.29, 0.717) is 27.9 Å². The molecule has 2 aromatic carbocycles. The number of anilines is 2. The number of amides is 2. The normalized spacial score (nSPS) is 14.7. The van der Waals surface area contributed by atoms with Crippen molar-refractivity contribution in [1.29, 1.82) is 0 Å². The summed E-state index contributed by atoms with van der Waals surface area (Å²) >= 11 is 2.85. The molecule has 9 heteroatoms. The van der Waals surface area contributed by atoms with Crippen molar-refractivity contribution in [2.75, 3.05) is 29.6 Å². The van der Waals surface area contributed by atoms with Gasteiger partial charge in [-0.3, -0.25) is 9.59 Å². The van der Waals surface area contributed by atoms with Crippen molar-refractivity contribution >= 4 is 51.6 Å². The fourth-order valence-corrected chi connectivity index (χ4v) is 6.76. The molecule has 0 fully saturated rings. The van der Waals surface area contributed by atoms with Crippen molar-refractivity contribution < 1.29 is 23.9 Å². The Labute approximate surface area is 244 Å². The second-order valence-electron chi connectivity index (χ2n) is 10.7. The van der Waals surface area contributed by atoms with Gasteiger partial charge in [0.15, 0.2) is 6.61 Å². The van der Waals surface area contributed by atoms with Crippen LogP contribution < -0.4 is 15.4 Å². The summed E-state index contributed by atoms with van der Waals surface area (Å²) in [6, 6.07) is 16.5. The van der Waals surface area contributed by atoms with Crippen LogP contribution in [0.3, 0.4) is 0 Å². The van der Waals surface area contributed by atoms with Crippen LogP contribution in [0.1, 0.15) is 54.9 Å². The lowest BCUT2D eigenvalue weighted by atomic mass is 9.72. The van der Waals surface area contributed by atoms with Crippen molar-refractivity contribution in [3.63, 3.8) is 0 Å². The zero-order chi connectivity index (χ0) is 28.7. The second-order valence-corrected chi connectivity index (χ2v) is 12.9. The lowest BCUT2D eigenvalue weighted by Crippen LogP contribution is -2.26. The first-order chi connectivity index (χ1) is 19.1. The van der Waals surface area contributed by atoms with E-state index in [-0.39, 0.29) is 42.2 Å². The number of carbonyl (C=O) groups is 3. The number of rotatable bonds is 10. The Morgan fingerprint density at radius 1 is 1.02 bits per heavy atom. The molecular formula is C31H36N2O5S2. The van der Waals surface area contributed by atoms with Gasteiger partial charge in [-0.15, -0.1) is 23.1 Å². The zero-order valence-electron chi connectivity index (χ0n) is 23.4. The smallest absolute Gasteiger partial charge is 0.341 e. The van der Waals surface area contributed by atoms with E-state index < -0.39 is 0 Å². The number of thiophene rings is 1. The maximum Gasteiger partial charge on any atom is 0.341 e. The highest BCUT2D eigenvalue weighted by Gasteiger charge is 2.34. The minimum Gasteiger partial charge on any atom is -0.484 e. The summed E-state index contributed by atoms with van der Waals surface area (Å²) in [6.45, 7) is 8.72. The summed E-state index contributed by atoms with van der Waals surface area (Å²) in [5.74, 6) is 0.448. The highest BCUT2D eigenvalue weighted by atomic mass is 32.2. The molecule has 1 heterocycles. The van der Waals surface area contributed by atoms with Crippen LogP contribution in [0.5, 0.6) is 5.75 Å². The van der Waals surface area contributed by atoms with Gasteiger partial charge in [-0.25, -0.2) is 4.79 Å². The van der Waals surface area contributed by atoms with Gasteiger partial charge in [-0.05, 0) is 73.4 Å². The molecule has 3 aromatic rings. The number of fused-ring (bicyclic) bond motifs is 1. The molecule has 0 bridgehead atoms. The number of carbonyl (C=O) groups excluding carboxylic acids is 3. The minimum absolute atomic E-state index is 0.103. The Hall–Kier alpha value is -3.30. The van der Waals surface area contributed by atoms with Gasteiger partial charge in [0, 0.05) is 15.5 Å². The monoisotopic (exact) mass is 580 g/mol. The molecule has 2 amide bonds. The van der Waals surface area contributed by atoms with Crippen LogP contribution in [0, 0.1) is 11.3 Å². The van der Waals surface area contributed by atoms with Gasteiger partial charge in [-0.1, -0.05) is 45.0 Å². The quantitative estimate of drug-likeness (QED) is 0.202. The van der Waals surface area contributed by atoms with E-state index in [1.54, 1.807) is 25.1 Å². The molecule has 2 N–H and O–H groups in total. The lowest BCUT2D eigenvalue weighted by molar-refractivity contribution is -0.118. The minimum atomic E-state index is -0.378. The van der Waals surface area contributed by atoms with Crippen LogP contribution in [0.25, 0.3) is 0 Å². The van der Waals surface area contributed by atoms with Crippen molar-refractivity contribution in [2.24, 2.45) is 11.3 Å². The van der Waals surface area contributed by atoms with Gasteiger partial charge in [0.05, 0.1) is 17.9 Å². The number of esters is 1. The topological polar surface area (TPSA) is 93.7 Å². The van der Waals surface area contributed by atoms with Crippen LogP contribution in [-0.2, 0) is 27.2 Å². The van der Waals surface area contributed by atoms with Gasteiger partial charge in [0.2, 0.25) is 5.91 Å². The predicted molar refractivity (Wildman–Crippen MR) is 162 cm³/mol. The van der Waals surface area contributed by atoms with Gasteiger partial charge < -0.3 is 20.1 Å². The summed E-state index contributed by atoms with van der Waals surface area (Å²) in [4.78, 5) is 40.2. The number of hydrogen-bond donors (Lipinski definition) is 2. The molecule has 0 radical (unpaired) electrons. The molecule has 0 spiro atoms. The van der Waals surface area contributed by atoms with E-state index in [2.05, 4.69) is 31.4 Å². The first-order valence-electron chi connectivity index (χ1n) is 13.5. The highest BCUT2D eigenvalue weighted by Crippen LogP contribution is 2.44. The number of ether oxygens (including phenoxy) is 2. The Morgan fingerprint density at radius 3 is 2.52 bits per heavy atom. The van der Waals surface area contributed by atoms with Crippen LogP contribution in [0.4, 0.5) is 10.7 Å². The van der Waals surface area contributed by atoms with Crippen molar-refractivity contribution in [2.45, 2.75) is 51.9 Å². The van der Waals surface area contributed by atoms with Crippen LogP contribution in [-0.4, -0.2) is 36.8 Å². The molecule has 1 aliphatic rings. The van der Waals surface area contributed by atoms with Crippen molar-refractivity contribution in [1.82, 2.24) is 0 Å². The third-order valence-corrected chi connectivity index (χ3v) is 8.99. The second kappa shape index (κ2) is 13.4. The van der Waals surface area contributed by atoms with Gasteiger partial charge in [0.1, 0.15) is 10.8 Å². The van der Waals surface area contributed by atoms with Crippen molar-refractivity contribution in [3.8, 4) is 5.75 Å². The first kappa shape index (κ1) is 29.7. The molecule has 0 saturated carbocycles. The number of thioether (sulfide) groups is 1. The van der Waals surface area contributed by atoms with Gasteiger partial charge in [0.25, 0.3) is 5.91 Å². The number of benzene rings is 2. The SMILES string of the molecule is CCOC(=O)c1c(NC(=O)CSc2cccc(NC(=O)COc3ccccc3)c2)sc2c1CCC(C(C)(C)C)C2. The maximum atomic E-state index is 13.0. The summed E-state index contributed by atoms with van der Waals surface area (Å²) in [6.07, 6.45) is 2.71. The molecule has 7 nitrogen and oxygen atoms in total. The number of hydrogen-bond acceptors (Lipinski definition) is 7. The Balaban J connectivity index is 1.36. The molecule has 1 unspecified atom stereocenters. The summed E-state index contributed by atoms with van der Waals surface area (Å²) in [5, 5.41) is 6.38. The first-order valence-corrected chi connectivity index (χ1v) is 15.3. The molecule has 1 aliphatic carbocycles. The summed E-state index contributed by atoms with van der Waals surface area (Å²) < 4.78 is 10.9. The molecule has 0 saturated heterocycles. The lowest BCUT2D eigenvalue weighted by Gasteiger charge is -2.33. The number of nitrogens with one attached hydrogen (secondary N) is 2. The van der Waals surface area contributed by atoms with E-state index in [0.717, 1.165) is 34.6 Å². The average Bonchev–Trinajstić information content (AvgIpc) is 3.28. The molecule has 4 rings (SSSR count). The zero-order valence-corrected chi connectivity index (χ0v) is 25.0. The van der Waals surface area contributed by atoms with E-state index in [4.69, 9.17) is 9.47 Å². The van der Waals surface area contributed by atoms with Crippen LogP contribution in [0.2, 0.25) is 0 Å². The predicted octanol–water partition coefficient (Wildman–Crippen LogP) is 6.82. The summed E-state index contributed by atoms with van der Waals surface area (Å²) in [7, 11) is 0. The Bertz CT molecular complexity index is 1350. The van der Waals surface area contributed by atoms with Gasteiger partial charge in [-0.2, -0.15) is 0 Å². The number of para-hydroxylation sites is 1. The molecule has 40 heavy (non-hydrogen) atoms. The van der Waals surface area contributed by atoms with E-state index in [9.17, 15) is 14.4 Å². The third kappa shape index (κ3) is 7.88. The van der Waals surface area contributed by atoms with Gasteiger partial charge >= 0.3 is 5.97 Å². The van der Waals surface area contributed by atoms with Crippen LogP contribution >= 0.6 is 23.1 Å². The molecule has 1 aromatic heterocycles. The molecule has 1 atom stereocenters. The maximum absolute atomic E-state index is 13.0.